The molecule has 0 radical (unpaired) electrons. The van der Waals surface area contributed by atoms with Crippen molar-refractivity contribution in [2.45, 2.75) is 59.9 Å². The van der Waals surface area contributed by atoms with Crippen LogP contribution in [0.5, 0.6) is 0 Å². The molecule has 1 N–H and O–H groups in total. The average Bonchev–Trinajstić information content (AvgIpc) is 2.49. The molecule has 0 aliphatic carbocycles. The van der Waals surface area contributed by atoms with Crippen LogP contribution in [-0.4, -0.2) is 37.1 Å². The third-order valence-corrected chi connectivity index (χ3v) is 3.07. The molecule has 1 atom stereocenters. The lowest BCUT2D eigenvalue weighted by Gasteiger charge is -2.17. The molecule has 1 amide bonds. The SMILES string of the molecule is CCOC(=O)CC[C@@H](NC(=O)C(C)=CCC(C)C)C(=O)OCC. The van der Waals surface area contributed by atoms with Crippen LogP contribution in [0.4, 0.5) is 0 Å². The molecular weight excluding hydrogens is 298 g/mol. The van der Waals surface area contributed by atoms with Crippen molar-refractivity contribution in [3.63, 3.8) is 0 Å². The number of rotatable bonds is 10. The maximum Gasteiger partial charge on any atom is 0.328 e. The number of carbonyl (C=O) groups is 3. The van der Waals surface area contributed by atoms with Gasteiger partial charge in [-0.1, -0.05) is 19.9 Å². The van der Waals surface area contributed by atoms with Crippen LogP contribution in [0, 0.1) is 5.92 Å². The molecule has 0 aromatic carbocycles. The molecule has 0 rings (SSSR count). The number of ether oxygens (including phenoxy) is 2. The highest BCUT2D eigenvalue weighted by Crippen LogP contribution is 2.07. The maximum absolute atomic E-state index is 12.1. The highest BCUT2D eigenvalue weighted by molar-refractivity contribution is 5.95. The molecule has 0 aromatic heterocycles. The first-order chi connectivity index (χ1) is 10.8. The van der Waals surface area contributed by atoms with Gasteiger partial charge in [0, 0.05) is 12.0 Å². The molecule has 132 valence electrons. The first-order valence-corrected chi connectivity index (χ1v) is 8.11. The Labute approximate surface area is 138 Å². The van der Waals surface area contributed by atoms with E-state index in [1.165, 1.54) is 0 Å². The fraction of sp³-hybridized carbons (Fsp3) is 0.706. The number of carbonyl (C=O) groups excluding carboxylic acids is 3. The summed E-state index contributed by atoms with van der Waals surface area (Å²) in [5.41, 5.74) is 0.545. The second-order valence-corrected chi connectivity index (χ2v) is 5.64. The van der Waals surface area contributed by atoms with Crippen molar-refractivity contribution in [2.24, 2.45) is 5.92 Å². The monoisotopic (exact) mass is 327 g/mol. The van der Waals surface area contributed by atoms with Crippen molar-refractivity contribution >= 4 is 17.8 Å². The average molecular weight is 327 g/mol. The quantitative estimate of drug-likeness (QED) is 0.492. The van der Waals surface area contributed by atoms with Crippen molar-refractivity contribution in [2.75, 3.05) is 13.2 Å². The van der Waals surface area contributed by atoms with Crippen LogP contribution in [0.15, 0.2) is 11.6 Å². The van der Waals surface area contributed by atoms with Gasteiger partial charge < -0.3 is 14.8 Å². The van der Waals surface area contributed by atoms with Crippen LogP contribution < -0.4 is 5.32 Å². The maximum atomic E-state index is 12.1. The molecule has 0 spiro atoms. The molecule has 6 nitrogen and oxygen atoms in total. The second-order valence-electron chi connectivity index (χ2n) is 5.64. The van der Waals surface area contributed by atoms with Gasteiger partial charge in [0.05, 0.1) is 13.2 Å². The Morgan fingerprint density at radius 3 is 2.22 bits per heavy atom. The molecule has 0 aliphatic rings. The molecule has 0 aliphatic heterocycles. The molecule has 0 heterocycles. The summed E-state index contributed by atoms with van der Waals surface area (Å²) in [6.07, 6.45) is 2.83. The summed E-state index contributed by atoms with van der Waals surface area (Å²) in [7, 11) is 0. The third-order valence-electron chi connectivity index (χ3n) is 3.07. The minimum Gasteiger partial charge on any atom is -0.466 e. The van der Waals surface area contributed by atoms with Gasteiger partial charge in [0.1, 0.15) is 6.04 Å². The van der Waals surface area contributed by atoms with Crippen LogP contribution in [0.2, 0.25) is 0 Å². The Balaban J connectivity index is 4.74. The molecule has 6 heteroatoms. The van der Waals surface area contributed by atoms with Crippen molar-refractivity contribution < 1.29 is 23.9 Å². The van der Waals surface area contributed by atoms with Crippen LogP contribution in [0.1, 0.15) is 53.9 Å². The number of esters is 2. The molecule has 0 saturated carbocycles. The van der Waals surface area contributed by atoms with E-state index in [1.54, 1.807) is 20.8 Å². The number of allylic oxidation sites excluding steroid dienone is 1. The Morgan fingerprint density at radius 1 is 1.09 bits per heavy atom. The number of nitrogens with one attached hydrogen (secondary N) is 1. The minimum atomic E-state index is -0.853. The Bertz CT molecular complexity index is 429. The third kappa shape index (κ3) is 9.71. The topological polar surface area (TPSA) is 81.7 Å². The molecule has 0 unspecified atom stereocenters. The van der Waals surface area contributed by atoms with Crippen molar-refractivity contribution in [1.29, 1.82) is 0 Å². The summed E-state index contributed by atoms with van der Waals surface area (Å²) in [4.78, 5) is 35.5. The summed E-state index contributed by atoms with van der Waals surface area (Å²) < 4.78 is 9.78. The second kappa shape index (κ2) is 11.7. The smallest absolute Gasteiger partial charge is 0.328 e. The van der Waals surface area contributed by atoms with E-state index in [0.29, 0.717) is 11.5 Å². The summed E-state index contributed by atoms with van der Waals surface area (Å²) in [6.45, 7) is 9.72. The Hall–Kier alpha value is -1.85. The minimum absolute atomic E-state index is 0.0480. The summed E-state index contributed by atoms with van der Waals surface area (Å²) >= 11 is 0. The first kappa shape index (κ1) is 21.1. The largest absolute Gasteiger partial charge is 0.466 e. The highest BCUT2D eigenvalue weighted by atomic mass is 16.5. The van der Waals surface area contributed by atoms with E-state index < -0.39 is 18.0 Å². The normalized spacial score (nSPS) is 12.7. The van der Waals surface area contributed by atoms with Gasteiger partial charge in [-0.15, -0.1) is 0 Å². The number of hydrogen-bond donors (Lipinski definition) is 1. The molecule has 0 bridgehead atoms. The van der Waals surface area contributed by atoms with Gasteiger partial charge in [-0.3, -0.25) is 9.59 Å². The predicted molar refractivity (Wildman–Crippen MR) is 87.6 cm³/mol. The van der Waals surface area contributed by atoms with Gasteiger partial charge in [-0.05, 0) is 39.5 Å². The number of amides is 1. The zero-order valence-electron chi connectivity index (χ0n) is 14.8. The number of hydrogen-bond acceptors (Lipinski definition) is 5. The van der Waals surface area contributed by atoms with Crippen LogP contribution in [-0.2, 0) is 23.9 Å². The molecular formula is C17H29NO5. The summed E-state index contributed by atoms with van der Waals surface area (Å²) in [6, 6.07) is -0.853. The van der Waals surface area contributed by atoms with Gasteiger partial charge in [0.25, 0.3) is 0 Å². The van der Waals surface area contributed by atoms with Gasteiger partial charge in [0.15, 0.2) is 0 Å². The lowest BCUT2D eigenvalue weighted by Crippen LogP contribution is -2.42. The fourth-order valence-electron chi connectivity index (χ4n) is 1.76. The summed E-state index contributed by atoms with van der Waals surface area (Å²) in [5.74, 6) is -0.820. The van der Waals surface area contributed by atoms with Gasteiger partial charge in [-0.25, -0.2) is 4.79 Å². The lowest BCUT2D eigenvalue weighted by atomic mass is 10.1. The van der Waals surface area contributed by atoms with Crippen LogP contribution in [0.25, 0.3) is 0 Å². The molecule has 0 saturated heterocycles. The van der Waals surface area contributed by atoms with Crippen molar-refractivity contribution in [1.82, 2.24) is 5.32 Å². The zero-order valence-corrected chi connectivity index (χ0v) is 14.8. The Morgan fingerprint density at radius 2 is 1.70 bits per heavy atom. The highest BCUT2D eigenvalue weighted by Gasteiger charge is 2.23. The van der Waals surface area contributed by atoms with E-state index in [0.717, 1.165) is 6.42 Å². The van der Waals surface area contributed by atoms with E-state index >= 15 is 0 Å². The van der Waals surface area contributed by atoms with Gasteiger partial charge in [-0.2, -0.15) is 0 Å². The molecule has 23 heavy (non-hydrogen) atoms. The van der Waals surface area contributed by atoms with Gasteiger partial charge in [0.2, 0.25) is 5.91 Å². The zero-order chi connectivity index (χ0) is 17.8. The van der Waals surface area contributed by atoms with E-state index in [2.05, 4.69) is 19.2 Å². The summed E-state index contributed by atoms with van der Waals surface area (Å²) in [5, 5.41) is 2.63. The van der Waals surface area contributed by atoms with E-state index in [4.69, 9.17) is 9.47 Å². The van der Waals surface area contributed by atoms with Crippen LogP contribution in [0.3, 0.4) is 0 Å². The van der Waals surface area contributed by atoms with Crippen molar-refractivity contribution in [3.8, 4) is 0 Å². The molecule has 0 aromatic rings. The lowest BCUT2D eigenvalue weighted by molar-refractivity contribution is -0.148. The standard InChI is InChI=1S/C17H29NO5/c1-6-22-15(19)11-10-14(17(21)23-7-2)18-16(20)13(5)9-8-12(3)4/h9,12,14H,6-8,10-11H2,1-5H3,(H,18,20)/t14-/m1/s1. The first-order valence-electron chi connectivity index (χ1n) is 8.11. The predicted octanol–water partition coefficient (Wildman–Crippen LogP) is 2.37. The van der Waals surface area contributed by atoms with E-state index in [-0.39, 0.29) is 32.0 Å². The Kier molecular flexibility index (Phi) is 10.7. The van der Waals surface area contributed by atoms with Crippen molar-refractivity contribution in [3.05, 3.63) is 11.6 Å². The van der Waals surface area contributed by atoms with Gasteiger partial charge >= 0.3 is 11.9 Å². The van der Waals surface area contributed by atoms with E-state index in [9.17, 15) is 14.4 Å². The van der Waals surface area contributed by atoms with E-state index in [1.807, 2.05) is 6.08 Å². The molecule has 0 fully saturated rings. The van der Waals surface area contributed by atoms with Crippen LogP contribution >= 0.6 is 0 Å². The fourth-order valence-corrected chi connectivity index (χ4v) is 1.76.